The Balaban J connectivity index is 1.66. The quantitative estimate of drug-likeness (QED) is 0.657. The van der Waals surface area contributed by atoms with Crippen molar-refractivity contribution < 1.29 is 4.74 Å². The molecule has 0 spiro atoms. The topological polar surface area (TPSA) is 33.6 Å². The fourth-order valence-electron chi connectivity index (χ4n) is 3.31. The van der Waals surface area contributed by atoms with Gasteiger partial charge in [-0.3, -0.25) is 4.99 Å². The van der Waals surface area contributed by atoms with Gasteiger partial charge in [-0.1, -0.05) is 48.5 Å². The number of nitrogens with one attached hydrogen (secondary N) is 1. The van der Waals surface area contributed by atoms with Crippen LogP contribution in [0.15, 0.2) is 70.6 Å². The van der Waals surface area contributed by atoms with Crippen LogP contribution in [-0.2, 0) is 5.75 Å². The first-order valence-electron chi connectivity index (χ1n) is 8.92. The van der Waals surface area contributed by atoms with Gasteiger partial charge in [-0.05, 0) is 29.3 Å². The number of nitrogens with zero attached hydrogens (tertiary/aromatic N) is 1. The zero-order chi connectivity index (χ0) is 17.8. The molecular formula is C22H22N2OS. The highest BCUT2D eigenvalue weighted by Crippen LogP contribution is 2.35. The number of aliphatic imine (C=N–C) groups is 1. The van der Waals surface area contributed by atoms with E-state index in [0.717, 1.165) is 36.8 Å². The second kappa shape index (κ2) is 7.83. The van der Waals surface area contributed by atoms with E-state index in [1.165, 1.54) is 26.8 Å². The van der Waals surface area contributed by atoms with Crippen LogP contribution in [0.2, 0.25) is 0 Å². The lowest BCUT2D eigenvalue weighted by Gasteiger charge is -2.18. The molecule has 4 heteroatoms. The summed E-state index contributed by atoms with van der Waals surface area (Å²) in [6.45, 7) is 1.90. The highest BCUT2D eigenvalue weighted by atomic mass is 32.2. The molecule has 1 heterocycles. The monoisotopic (exact) mass is 362 g/mol. The minimum Gasteiger partial charge on any atom is -0.496 e. The van der Waals surface area contributed by atoms with E-state index in [-0.39, 0.29) is 0 Å². The predicted octanol–water partition coefficient (Wildman–Crippen LogP) is 4.88. The molecule has 0 radical (unpaired) electrons. The predicted molar refractivity (Wildman–Crippen MR) is 111 cm³/mol. The molecule has 1 aliphatic rings. The van der Waals surface area contributed by atoms with Crippen molar-refractivity contribution in [1.82, 2.24) is 5.32 Å². The van der Waals surface area contributed by atoms with Gasteiger partial charge in [0.15, 0.2) is 0 Å². The fraction of sp³-hybridized carbons (Fsp3) is 0.227. The smallest absolute Gasteiger partial charge is 0.129 e. The number of thioether (sulfide) groups is 1. The Labute approximate surface area is 158 Å². The molecule has 0 aromatic heterocycles. The molecule has 0 unspecified atom stereocenters. The molecule has 0 fully saturated rings. The Morgan fingerprint density at radius 3 is 2.73 bits per heavy atom. The van der Waals surface area contributed by atoms with Gasteiger partial charge in [-0.2, -0.15) is 0 Å². The zero-order valence-corrected chi connectivity index (χ0v) is 15.7. The first-order chi connectivity index (χ1) is 12.9. The molecule has 0 saturated heterocycles. The van der Waals surface area contributed by atoms with Crippen LogP contribution in [0.3, 0.4) is 0 Å². The average molecular weight is 362 g/mol. The minimum absolute atomic E-state index is 0.856. The number of methoxy groups -OCH3 is 1. The van der Waals surface area contributed by atoms with Gasteiger partial charge in [-0.25, -0.2) is 0 Å². The summed E-state index contributed by atoms with van der Waals surface area (Å²) in [7, 11) is 1.74. The molecule has 0 aliphatic carbocycles. The van der Waals surface area contributed by atoms with E-state index in [4.69, 9.17) is 4.74 Å². The lowest BCUT2D eigenvalue weighted by Crippen LogP contribution is -2.30. The Bertz CT molecular complexity index is 952. The first-order valence-corrected chi connectivity index (χ1v) is 9.90. The maximum atomic E-state index is 5.64. The van der Waals surface area contributed by atoms with Crippen molar-refractivity contribution in [2.75, 3.05) is 20.2 Å². The number of rotatable bonds is 5. The molecule has 1 N–H and O–H groups in total. The summed E-state index contributed by atoms with van der Waals surface area (Å²) in [4.78, 5) is 5.91. The molecule has 3 aromatic rings. The van der Waals surface area contributed by atoms with Gasteiger partial charge in [0, 0.05) is 34.9 Å². The van der Waals surface area contributed by atoms with Crippen molar-refractivity contribution in [2.24, 2.45) is 4.99 Å². The van der Waals surface area contributed by atoms with Crippen LogP contribution in [0, 0.1) is 0 Å². The van der Waals surface area contributed by atoms with Crippen molar-refractivity contribution in [3.63, 3.8) is 0 Å². The Morgan fingerprint density at radius 2 is 1.88 bits per heavy atom. The number of amidine groups is 1. The number of hydrogen-bond acceptors (Lipinski definition) is 4. The average Bonchev–Trinajstić information content (AvgIpc) is 2.72. The van der Waals surface area contributed by atoms with Crippen LogP contribution in [0.4, 0.5) is 0 Å². The second-order valence-corrected chi connectivity index (χ2v) is 7.28. The number of ether oxygens (including phenoxy) is 1. The standard InChI is InChI=1S/C22H22N2OS/c1-25-20-12-11-16-7-2-3-8-17(16)19(20)15-26-21-10-5-4-9-18(21)22-23-13-6-14-24-22/h2-5,7-12H,6,13-15H2,1H3,(H,23,24). The van der Waals surface area contributed by atoms with Crippen LogP contribution in [0.25, 0.3) is 10.8 Å². The highest BCUT2D eigenvalue weighted by Gasteiger charge is 2.14. The summed E-state index contributed by atoms with van der Waals surface area (Å²) in [6, 6.07) is 21.2. The molecule has 3 aromatic carbocycles. The summed E-state index contributed by atoms with van der Waals surface area (Å²) in [5.74, 6) is 2.82. The van der Waals surface area contributed by atoms with Crippen molar-refractivity contribution in [2.45, 2.75) is 17.1 Å². The Kier molecular flexibility index (Phi) is 5.12. The molecule has 26 heavy (non-hydrogen) atoms. The summed E-state index contributed by atoms with van der Waals surface area (Å²) in [5.41, 5.74) is 2.43. The molecule has 4 rings (SSSR count). The van der Waals surface area contributed by atoms with E-state index in [1.807, 2.05) is 11.8 Å². The highest BCUT2D eigenvalue weighted by molar-refractivity contribution is 7.98. The van der Waals surface area contributed by atoms with E-state index in [9.17, 15) is 0 Å². The molecule has 1 aliphatic heterocycles. The van der Waals surface area contributed by atoms with Crippen LogP contribution in [-0.4, -0.2) is 26.0 Å². The Hall–Kier alpha value is -2.46. The summed E-state index contributed by atoms with van der Waals surface area (Å²) in [6.07, 6.45) is 1.10. The minimum atomic E-state index is 0.856. The van der Waals surface area contributed by atoms with E-state index in [0.29, 0.717) is 0 Å². The molecule has 132 valence electrons. The largest absolute Gasteiger partial charge is 0.496 e. The van der Waals surface area contributed by atoms with Gasteiger partial charge in [0.05, 0.1) is 7.11 Å². The Morgan fingerprint density at radius 1 is 1.04 bits per heavy atom. The van der Waals surface area contributed by atoms with Gasteiger partial charge in [-0.15, -0.1) is 11.8 Å². The maximum Gasteiger partial charge on any atom is 0.129 e. The molecule has 3 nitrogen and oxygen atoms in total. The summed E-state index contributed by atoms with van der Waals surface area (Å²) >= 11 is 1.84. The lowest BCUT2D eigenvalue weighted by molar-refractivity contribution is 0.412. The van der Waals surface area contributed by atoms with Crippen LogP contribution in [0.1, 0.15) is 17.5 Å². The van der Waals surface area contributed by atoms with Crippen molar-refractivity contribution >= 4 is 28.4 Å². The third-order valence-corrected chi connectivity index (χ3v) is 5.73. The third kappa shape index (κ3) is 3.42. The van der Waals surface area contributed by atoms with Crippen LogP contribution in [0.5, 0.6) is 5.75 Å². The second-order valence-electron chi connectivity index (χ2n) is 6.26. The molecule has 0 saturated carbocycles. The van der Waals surface area contributed by atoms with Gasteiger partial charge in [0.25, 0.3) is 0 Å². The van der Waals surface area contributed by atoms with E-state index in [2.05, 4.69) is 71.0 Å². The number of fused-ring (bicyclic) bond motifs is 1. The normalized spacial score (nSPS) is 14.0. The number of hydrogen-bond donors (Lipinski definition) is 1. The van der Waals surface area contributed by atoms with Crippen LogP contribution >= 0.6 is 11.8 Å². The molecule has 0 atom stereocenters. The fourth-order valence-corrected chi connectivity index (χ4v) is 4.40. The molecular weight excluding hydrogens is 340 g/mol. The van der Waals surface area contributed by atoms with Crippen molar-refractivity contribution in [3.05, 3.63) is 71.8 Å². The van der Waals surface area contributed by atoms with E-state index < -0.39 is 0 Å². The zero-order valence-electron chi connectivity index (χ0n) is 14.9. The van der Waals surface area contributed by atoms with E-state index >= 15 is 0 Å². The van der Waals surface area contributed by atoms with E-state index in [1.54, 1.807) is 7.11 Å². The van der Waals surface area contributed by atoms with Gasteiger partial charge in [0.1, 0.15) is 11.6 Å². The van der Waals surface area contributed by atoms with Gasteiger partial charge < -0.3 is 10.1 Å². The van der Waals surface area contributed by atoms with Gasteiger partial charge >= 0.3 is 0 Å². The lowest BCUT2D eigenvalue weighted by atomic mass is 10.0. The molecule has 0 amide bonds. The molecule has 0 bridgehead atoms. The first kappa shape index (κ1) is 17.0. The maximum absolute atomic E-state index is 5.64. The van der Waals surface area contributed by atoms with Gasteiger partial charge in [0.2, 0.25) is 0 Å². The third-order valence-electron chi connectivity index (χ3n) is 4.63. The van der Waals surface area contributed by atoms with Crippen molar-refractivity contribution in [3.8, 4) is 5.75 Å². The van der Waals surface area contributed by atoms with Crippen molar-refractivity contribution in [1.29, 1.82) is 0 Å². The van der Waals surface area contributed by atoms with Crippen LogP contribution < -0.4 is 10.1 Å². The SMILES string of the molecule is COc1ccc2ccccc2c1CSc1ccccc1C1=NCCCN1. The summed E-state index contributed by atoms with van der Waals surface area (Å²) < 4.78 is 5.64. The summed E-state index contributed by atoms with van der Waals surface area (Å²) in [5, 5.41) is 5.94. The number of benzene rings is 3.